The molecular formula is C29H50N4O13. The highest BCUT2D eigenvalue weighted by Crippen LogP contribution is 2.27. The monoisotopic (exact) mass is 662 g/mol. The zero-order valence-electron chi connectivity index (χ0n) is 26.6. The number of unbranched alkanes of at least 4 members (excludes halogenated alkanes) is 1. The third kappa shape index (κ3) is 10.3. The van der Waals surface area contributed by atoms with Gasteiger partial charge in [0.15, 0.2) is 12.6 Å². The molecule has 0 saturated carbocycles. The van der Waals surface area contributed by atoms with Crippen LogP contribution in [0, 0.1) is 0 Å². The lowest BCUT2D eigenvalue weighted by molar-refractivity contribution is -0.292. The van der Waals surface area contributed by atoms with Gasteiger partial charge in [-0.25, -0.2) is 0 Å². The number of carbonyl (C=O) groups excluding carboxylic acids is 4. The van der Waals surface area contributed by atoms with Gasteiger partial charge in [-0.2, -0.15) is 0 Å². The minimum Gasteiger partial charge on any atom is -0.390 e. The highest BCUT2D eigenvalue weighted by atomic mass is 16.7. The van der Waals surface area contributed by atoms with E-state index in [1.54, 1.807) is 6.92 Å². The minimum atomic E-state index is -1.49. The summed E-state index contributed by atoms with van der Waals surface area (Å²) in [5, 5.41) is 57.8. The lowest BCUT2D eigenvalue weighted by Crippen LogP contribution is -2.57. The van der Waals surface area contributed by atoms with Crippen molar-refractivity contribution in [3.8, 4) is 0 Å². The second-order valence-corrected chi connectivity index (χ2v) is 11.9. The summed E-state index contributed by atoms with van der Waals surface area (Å²) in [6.45, 7) is 3.11. The van der Waals surface area contributed by atoms with Crippen LogP contribution in [0.2, 0.25) is 0 Å². The summed E-state index contributed by atoms with van der Waals surface area (Å²) < 4.78 is 21.9. The molecule has 17 heteroatoms. The van der Waals surface area contributed by atoms with Crippen LogP contribution in [0.5, 0.6) is 0 Å². The molecule has 3 fully saturated rings. The first-order valence-electron chi connectivity index (χ1n) is 15.9. The van der Waals surface area contributed by atoms with Gasteiger partial charge in [-0.1, -0.05) is 0 Å². The van der Waals surface area contributed by atoms with E-state index in [1.165, 1.54) is 18.9 Å². The van der Waals surface area contributed by atoms with Gasteiger partial charge in [0.2, 0.25) is 23.6 Å². The molecule has 11 atom stereocenters. The molecule has 3 aliphatic heterocycles. The van der Waals surface area contributed by atoms with E-state index >= 15 is 0 Å². The molecule has 46 heavy (non-hydrogen) atoms. The van der Waals surface area contributed by atoms with Gasteiger partial charge in [0.25, 0.3) is 0 Å². The van der Waals surface area contributed by atoms with E-state index < -0.39 is 79.0 Å². The number of nitrogens with zero attached hydrogens (tertiary/aromatic N) is 1. The Morgan fingerprint density at radius 3 is 1.87 bits per heavy atom. The smallest absolute Gasteiger partial charge is 0.242 e. The number of hydrogen-bond acceptors (Lipinski definition) is 13. The van der Waals surface area contributed by atoms with Crippen LogP contribution < -0.4 is 16.0 Å². The standard InChI is InChI=1S/C29H50N4O13/c1-15-14-19(34)23(38)28(45-15)43-12-10-31-26(41)17-8-9-18(33(17)21(36)7-5-4-6-20(35)30-3)27(42)32-11-13-44-29-25(40)24(39)22(37)16(2)46-29/h15-19,22-25,28-29,34,37-40H,4-14H2,1-3H3,(H,30,35)(H,31,41)(H,32,42)/t15-,16-,17?,18?,19+,22+,23-,24+,25-,28+,29+/m0/s1. The number of carbonyl (C=O) groups is 4. The van der Waals surface area contributed by atoms with Gasteiger partial charge in [0, 0.05) is 39.4 Å². The van der Waals surface area contributed by atoms with Crippen molar-refractivity contribution in [3.63, 3.8) is 0 Å². The third-order valence-electron chi connectivity index (χ3n) is 8.39. The number of hydrogen-bond donors (Lipinski definition) is 8. The minimum absolute atomic E-state index is 0.0220. The van der Waals surface area contributed by atoms with Gasteiger partial charge >= 0.3 is 0 Å². The maximum atomic E-state index is 13.3. The van der Waals surface area contributed by atoms with Crippen molar-refractivity contribution < 1.29 is 63.7 Å². The number of likely N-dealkylation sites (tertiary alicyclic amines) is 1. The zero-order valence-corrected chi connectivity index (χ0v) is 26.6. The fourth-order valence-corrected chi connectivity index (χ4v) is 5.74. The van der Waals surface area contributed by atoms with Crippen LogP contribution in [0.4, 0.5) is 0 Å². The summed E-state index contributed by atoms with van der Waals surface area (Å²) in [5.41, 5.74) is 0. The van der Waals surface area contributed by atoms with Crippen molar-refractivity contribution in [2.75, 3.05) is 33.4 Å². The Balaban J connectivity index is 1.53. The van der Waals surface area contributed by atoms with Crippen LogP contribution in [-0.4, -0.2) is 155 Å². The molecule has 3 rings (SSSR count). The summed E-state index contributed by atoms with van der Waals surface area (Å²) in [6.07, 6.45) is -8.04. The Morgan fingerprint density at radius 1 is 0.761 bits per heavy atom. The molecule has 0 spiro atoms. The van der Waals surface area contributed by atoms with Gasteiger partial charge < -0.3 is 65.3 Å². The van der Waals surface area contributed by atoms with Gasteiger partial charge in [0.1, 0.15) is 36.5 Å². The van der Waals surface area contributed by atoms with E-state index in [-0.39, 0.29) is 70.4 Å². The molecule has 3 saturated heterocycles. The number of rotatable bonds is 15. The fraction of sp³-hybridized carbons (Fsp3) is 0.862. The summed E-state index contributed by atoms with van der Waals surface area (Å²) >= 11 is 0. The maximum absolute atomic E-state index is 13.3. The second kappa shape index (κ2) is 18.2. The average molecular weight is 663 g/mol. The van der Waals surface area contributed by atoms with Gasteiger partial charge in [0.05, 0.1) is 31.5 Å². The van der Waals surface area contributed by atoms with Crippen molar-refractivity contribution in [1.82, 2.24) is 20.9 Å². The van der Waals surface area contributed by atoms with E-state index in [0.29, 0.717) is 12.8 Å². The molecule has 0 aromatic rings. The van der Waals surface area contributed by atoms with Crippen LogP contribution in [-0.2, 0) is 38.1 Å². The Morgan fingerprint density at radius 2 is 1.30 bits per heavy atom. The first-order chi connectivity index (χ1) is 21.8. The normalized spacial score (nSPS) is 34.6. The van der Waals surface area contributed by atoms with E-state index in [0.717, 1.165) is 0 Å². The molecule has 2 unspecified atom stereocenters. The Hall–Kier alpha value is -2.48. The lowest BCUT2D eigenvalue weighted by atomic mass is 10.0. The summed E-state index contributed by atoms with van der Waals surface area (Å²) in [6, 6.07) is -1.88. The Labute approximate surface area is 267 Å². The second-order valence-electron chi connectivity index (χ2n) is 11.9. The largest absolute Gasteiger partial charge is 0.390 e. The number of aliphatic hydroxyl groups excluding tert-OH is 5. The van der Waals surface area contributed by atoms with Gasteiger partial charge in [-0.3, -0.25) is 19.2 Å². The van der Waals surface area contributed by atoms with Crippen LogP contribution in [0.25, 0.3) is 0 Å². The average Bonchev–Trinajstić information content (AvgIpc) is 3.48. The van der Waals surface area contributed by atoms with Crippen molar-refractivity contribution in [3.05, 3.63) is 0 Å². The van der Waals surface area contributed by atoms with Gasteiger partial charge in [-0.05, 0) is 39.5 Å². The molecule has 3 heterocycles. The summed E-state index contributed by atoms with van der Waals surface area (Å²) in [4.78, 5) is 52.5. The lowest BCUT2D eigenvalue weighted by Gasteiger charge is -2.38. The van der Waals surface area contributed by atoms with E-state index in [4.69, 9.17) is 18.9 Å². The number of ether oxygens (including phenoxy) is 4. The molecule has 4 amide bonds. The topological polar surface area (TPSA) is 246 Å². The molecule has 17 nitrogen and oxygen atoms in total. The summed E-state index contributed by atoms with van der Waals surface area (Å²) in [7, 11) is 1.52. The quantitative estimate of drug-likeness (QED) is 0.0798. The molecule has 0 radical (unpaired) electrons. The molecular weight excluding hydrogens is 612 g/mol. The van der Waals surface area contributed by atoms with Crippen molar-refractivity contribution in [2.24, 2.45) is 0 Å². The Bertz CT molecular complexity index is 1020. The third-order valence-corrected chi connectivity index (χ3v) is 8.39. The predicted octanol–water partition coefficient (Wildman–Crippen LogP) is -3.40. The molecule has 0 bridgehead atoms. The fourth-order valence-electron chi connectivity index (χ4n) is 5.74. The van der Waals surface area contributed by atoms with Crippen LogP contribution in [0.3, 0.4) is 0 Å². The van der Waals surface area contributed by atoms with E-state index in [2.05, 4.69) is 16.0 Å². The predicted molar refractivity (Wildman–Crippen MR) is 157 cm³/mol. The van der Waals surface area contributed by atoms with Gasteiger partial charge in [-0.15, -0.1) is 0 Å². The highest BCUT2D eigenvalue weighted by molar-refractivity contribution is 5.94. The molecule has 8 N–H and O–H groups in total. The van der Waals surface area contributed by atoms with Crippen molar-refractivity contribution in [2.45, 2.75) is 126 Å². The molecule has 0 aromatic carbocycles. The van der Waals surface area contributed by atoms with E-state index in [1.807, 2.05) is 0 Å². The summed E-state index contributed by atoms with van der Waals surface area (Å²) in [5.74, 6) is -1.57. The molecule has 0 aromatic heterocycles. The van der Waals surface area contributed by atoms with Crippen molar-refractivity contribution >= 4 is 23.6 Å². The van der Waals surface area contributed by atoms with Crippen LogP contribution in [0.1, 0.15) is 58.8 Å². The SMILES string of the molecule is CNC(=O)CCCCC(=O)N1C(C(=O)NCCO[C@@H]2O[C@@H](C)[C@@H](O)[C@@H](O)[C@@H]2O)CCC1C(=O)NCCO[C@@H]1O[C@@H](C)C[C@@H](O)[C@@H]1O. The first-order valence-corrected chi connectivity index (χ1v) is 15.9. The zero-order chi connectivity index (χ0) is 34.0. The number of nitrogens with one attached hydrogen (secondary N) is 3. The number of amides is 4. The Kier molecular flexibility index (Phi) is 15.0. The molecule has 0 aliphatic carbocycles. The van der Waals surface area contributed by atoms with Crippen LogP contribution >= 0.6 is 0 Å². The van der Waals surface area contributed by atoms with Crippen LogP contribution in [0.15, 0.2) is 0 Å². The maximum Gasteiger partial charge on any atom is 0.242 e. The number of aliphatic hydroxyl groups is 5. The molecule has 264 valence electrons. The van der Waals surface area contributed by atoms with Crippen molar-refractivity contribution in [1.29, 1.82) is 0 Å². The highest BCUT2D eigenvalue weighted by Gasteiger charge is 2.45. The first kappa shape index (κ1) is 38.0. The molecule has 3 aliphatic rings. The van der Waals surface area contributed by atoms with E-state index in [9.17, 15) is 44.7 Å².